The highest BCUT2D eigenvalue weighted by atomic mass is 79.9. The lowest BCUT2D eigenvalue weighted by Crippen LogP contribution is -2.03. The highest BCUT2D eigenvalue weighted by Crippen LogP contribution is 2.21. The third-order valence-electron chi connectivity index (χ3n) is 1.97. The molecule has 0 aromatic carbocycles. The van der Waals surface area contributed by atoms with Gasteiger partial charge in [0.1, 0.15) is 0 Å². The minimum atomic E-state index is 0.499. The van der Waals surface area contributed by atoms with E-state index in [0.29, 0.717) is 5.82 Å². The predicted molar refractivity (Wildman–Crippen MR) is 60.3 cm³/mol. The van der Waals surface area contributed by atoms with E-state index < -0.39 is 0 Å². The monoisotopic (exact) mass is 272 g/mol. The Morgan fingerprint density at radius 1 is 1.64 bits per heavy atom. The molecule has 0 saturated heterocycles. The van der Waals surface area contributed by atoms with Crippen LogP contribution in [0.15, 0.2) is 15.2 Å². The highest BCUT2D eigenvalue weighted by Gasteiger charge is 2.06. The molecule has 2 heterocycles. The molecular formula is C8H9BrN4S. The summed E-state index contributed by atoms with van der Waals surface area (Å²) in [4.78, 5) is 0. The summed E-state index contributed by atoms with van der Waals surface area (Å²) in [6, 6.07) is 2.07. The first kappa shape index (κ1) is 9.67. The fourth-order valence-corrected chi connectivity index (χ4v) is 2.33. The van der Waals surface area contributed by atoms with Crippen LogP contribution in [0.1, 0.15) is 11.3 Å². The number of nitrogens with two attached hydrogens (primary N) is 1. The second-order valence-corrected chi connectivity index (χ2v) is 5.27. The second kappa shape index (κ2) is 3.70. The molecule has 0 atom stereocenters. The zero-order valence-corrected chi connectivity index (χ0v) is 9.97. The molecule has 0 saturated carbocycles. The molecule has 2 N–H and O–H groups in total. The van der Waals surface area contributed by atoms with Crippen LogP contribution in [0, 0.1) is 6.92 Å². The Morgan fingerprint density at radius 3 is 2.93 bits per heavy atom. The van der Waals surface area contributed by atoms with Crippen LogP contribution in [0.5, 0.6) is 0 Å². The zero-order chi connectivity index (χ0) is 10.1. The van der Waals surface area contributed by atoms with Gasteiger partial charge in [-0.2, -0.15) is 0 Å². The van der Waals surface area contributed by atoms with E-state index in [9.17, 15) is 0 Å². The van der Waals surface area contributed by atoms with Crippen LogP contribution in [0.4, 0.5) is 5.82 Å². The third kappa shape index (κ3) is 1.80. The average molecular weight is 273 g/mol. The van der Waals surface area contributed by atoms with Crippen molar-refractivity contribution in [1.82, 2.24) is 15.0 Å². The van der Waals surface area contributed by atoms with Gasteiger partial charge in [-0.3, -0.25) is 0 Å². The first-order valence-electron chi connectivity index (χ1n) is 4.05. The third-order valence-corrected chi connectivity index (χ3v) is 3.53. The number of rotatable bonds is 2. The van der Waals surface area contributed by atoms with E-state index in [2.05, 4.69) is 37.7 Å². The molecule has 0 aliphatic heterocycles. The molecule has 0 aliphatic rings. The van der Waals surface area contributed by atoms with Crippen molar-refractivity contribution in [3.05, 3.63) is 26.5 Å². The van der Waals surface area contributed by atoms with Gasteiger partial charge < -0.3 is 5.73 Å². The van der Waals surface area contributed by atoms with Crippen molar-refractivity contribution in [2.45, 2.75) is 13.5 Å². The fraction of sp³-hybridized carbons (Fsp3) is 0.250. The number of nitrogens with zero attached hydrogens (tertiary/aromatic N) is 3. The summed E-state index contributed by atoms with van der Waals surface area (Å²) in [5.74, 6) is 0.499. The molecule has 2 aromatic heterocycles. The quantitative estimate of drug-likeness (QED) is 0.911. The van der Waals surface area contributed by atoms with E-state index in [1.165, 1.54) is 5.56 Å². The molecule has 0 radical (unpaired) electrons. The number of halogens is 1. The maximum absolute atomic E-state index is 5.60. The summed E-state index contributed by atoms with van der Waals surface area (Å²) in [6.45, 7) is 2.63. The number of anilines is 1. The highest BCUT2D eigenvalue weighted by molar-refractivity contribution is 9.11. The lowest BCUT2D eigenvalue weighted by molar-refractivity contribution is 0.634. The molecule has 0 spiro atoms. The van der Waals surface area contributed by atoms with E-state index in [0.717, 1.165) is 16.0 Å². The normalized spacial score (nSPS) is 10.7. The molecule has 0 amide bonds. The predicted octanol–water partition coefficient (Wildman–Crippen LogP) is 2.04. The molecule has 4 nitrogen and oxygen atoms in total. The van der Waals surface area contributed by atoms with Crippen molar-refractivity contribution >= 4 is 33.1 Å². The van der Waals surface area contributed by atoms with Crippen LogP contribution in [0.2, 0.25) is 0 Å². The van der Waals surface area contributed by atoms with Gasteiger partial charge in [-0.15, -0.1) is 16.4 Å². The Kier molecular flexibility index (Phi) is 2.56. The standard InChI is InChI=1S/C8H9BrN4S/c1-5-8(10)11-12-13(5)3-6-2-7(9)14-4-6/h2,4H,3,10H2,1H3. The van der Waals surface area contributed by atoms with E-state index in [1.54, 1.807) is 16.0 Å². The summed E-state index contributed by atoms with van der Waals surface area (Å²) in [5, 5.41) is 9.84. The number of nitrogen functional groups attached to an aromatic ring is 1. The summed E-state index contributed by atoms with van der Waals surface area (Å²) < 4.78 is 2.92. The number of thiophene rings is 1. The van der Waals surface area contributed by atoms with Gasteiger partial charge in [0.25, 0.3) is 0 Å². The van der Waals surface area contributed by atoms with Gasteiger partial charge in [0, 0.05) is 0 Å². The maximum atomic E-state index is 5.60. The zero-order valence-electron chi connectivity index (χ0n) is 7.57. The second-order valence-electron chi connectivity index (χ2n) is 2.98. The van der Waals surface area contributed by atoms with Crippen molar-refractivity contribution in [2.24, 2.45) is 0 Å². The van der Waals surface area contributed by atoms with Gasteiger partial charge in [0.05, 0.1) is 16.0 Å². The van der Waals surface area contributed by atoms with E-state index >= 15 is 0 Å². The molecular weight excluding hydrogens is 264 g/mol. The largest absolute Gasteiger partial charge is 0.381 e. The Balaban J connectivity index is 2.22. The Morgan fingerprint density at radius 2 is 2.43 bits per heavy atom. The van der Waals surface area contributed by atoms with Crippen LogP contribution in [-0.4, -0.2) is 15.0 Å². The van der Waals surface area contributed by atoms with Crippen molar-refractivity contribution in [3.8, 4) is 0 Å². The van der Waals surface area contributed by atoms with Gasteiger partial charge in [-0.05, 0) is 39.9 Å². The topological polar surface area (TPSA) is 56.7 Å². The fourth-order valence-electron chi connectivity index (χ4n) is 1.13. The smallest absolute Gasteiger partial charge is 0.168 e. The lowest BCUT2D eigenvalue weighted by atomic mass is 10.3. The Labute approximate surface area is 93.9 Å². The Bertz CT molecular complexity index is 448. The number of hydrogen-bond donors (Lipinski definition) is 1. The maximum Gasteiger partial charge on any atom is 0.168 e. The molecule has 0 bridgehead atoms. The van der Waals surface area contributed by atoms with Crippen molar-refractivity contribution in [2.75, 3.05) is 5.73 Å². The minimum Gasteiger partial charge on any atom is -0.381 e. The van der Waals surface area contributed by atoms with Crippen LogP contribution in [0.25, 0.3) is 0 Å². The van der Waals surface area contributed by atoms with Gasteiger partial charge in [0.15, 0.2) is 5.82 Å². The van der Waals surface area contributed by atoms with E-state index in [-0.39, 0.29) is 0 Å². The van der Waals surface area contributed by atoms with Crippen LogP contribution in [-0.2, 0) is 6.54 Å². The lowest BCUT2D eigenvalue weighted by Gasteiger charge is -1.99. The van der Waals surface area contributed by atoms with Gasteiger partial charge in [-0.1, -0.05) is 5.21 Å². The molecule has 74 valence electrons. The molecule has 6 heteroatoms. The summed E-state index contributed by atoms with van der Waals surface area (Å²) in [7, 11) is 0. The minimum absolute atomic E-state index is 0.499. The number of aromatic nitrogens is 3. The van der Waals surface area contributed by atoms with Gasteiger partial charge >= 0.3 is 0 Å². The molecule has 0 aliphatic carbocycles. The van der Waals surface area contributed by atoms with Crippen molar-refractivity contribution in [3.63, 3.8) is 0 Å². The van der Waals surface area contributed by atoms with E-state index in [4.69, 9.17) is 5.73 Å². The SMILES string of the molecule is Cc1c(N)nnn1Cc1csc(Br)c1. The molecule has 0 unspecified atom stereocenters. The molecule has 14 heavy (non-hydrogen) atoms. The molecule has 0 fully saturated rings. The summed E-state index contributed by atoms with van der Waals surface area (Å²) in [6.07, 6.45) is 0. The van der Waals surface area contributed by atoms with Crippen LogP contribution < -0.4 is 5.73 Å². The van der Waals surface area contributed by atoms with Crippen molar-refractivity contribution < 1.29 is 0 Å². The first-order valence-corrected chi connectivity index (χ1v) is 5.72. The van der Waals surface area contributed by atoms with E-state index in [1.807, 2.05) is 6.92 Å². The average Bonchev–Trinajstić information content (AvgIpc) is 2.67. The Hall–Kier alpha value is -0.880. The molecule has 2 aromatic rings. The van der Waals surface area contributed by atoms with Gasteiger partial charge in [-0.25, -0.2) is 4.68 Å². The first-order chi connectivity index (χ1) is 6.66. The van der Waals surface area contributed by atoms with Crippen molar-refractivity contribution in [1.29, 1.82) is 0 Å². The number of hydrogen-bond acceptors (Lipinski definition) is 4. The molecule has 2 rings (SSSR count). The summed E-state index contributed by atoms with van der Waals surface area (Å²) in [5.41, 5.74) is 7.71. The van der Waals surface area contributed by atoms with Crippen LogP contribution in [0.3, 0.4) is 0 Å². The van der Waals surface area contributed by atoms with Gasteiger partial charge in [0.2, 0.25) is 0 Å². The van der Waals surface area contributed by atoms with Crippen LogP contribution >= 0.6 is 27.3 Å². The summed E-state index contributed by atoms with van der Waals surface area (Å²) >= 11 is 5.08.